The van der Waals surface area contributed by atoms with Crippen LogP contribution in [0.3, 0.4) is 0 Å². The van der Waals surface area contributed by atoms with E-state index >= 15 is 0 Å². The average molecular weight is 261 g/mol. The summed E-state index contributed by atoms with van der Waals surface area (Å²) in [6.07, 6.45) is -0.254. The molecule has 2 nitrogen and oxygen atoms in total. The summed E-state index contributed by atoms with van der Waals surface area (Å²) in [7, 11) is 0. The van der Waals surface area contributed by atoms with Gasteiger partial charge in [-0.1, -0.05) is 48.0 Å². The zero-order valence-corrected chi connectivity index (χ0v) is 10.5. The van der Waals surface area contributed by atoms with Gasteiger partial charge in [-0.25, -0.2) is 0 Å². The van der Waals surface area contributed by atoms with E-state index in [9.17, 15) is 5.11 Å². The van der Waals surface area contributed by atoms with E-state index in [2.05, 4.69) is 0 Å². The molecule has 0 aliphatic carbocycles. The van der Waals surface area contributed by atoms with Crippen LogP contribution in [-0.2, 0) is 6.42 Å². The Labute approximate surface area is 111 Å². The third-order valence-electron chi connectivity index (χ3n) is 3.25. The molecule has 0 radical (unpaired) electrons. The monoisotopic (exact) mass is 260 g/mol. The lowest BCUT2D eigenvalue weighted by atomic mass is 10.0. The van der Waals surface area contributed by atoms with Gasteiger partial charge in [0.15, 0.2) is 0 Å². The van der Waals surface area contributed by atoms with E-state index in [4.69, 9.17) is 16.3 Å². The smallest absolute Gasteiger partial charge is 0.133 e. The Kier molecular flexibility index (Phi) is 2.98. The number of aliphatic hydroxyl groups is 1. The van der Waals surface area contributed by atoms with Crippen LogP contribution < -0.4 is 4.74 Å². The number of fused-ring (bicyclic) bond motifs is 1. The van der Waals surface area contributed by atoms with Crippen molar-refractivity contribution in [1.82, 2.24) is 0 Å². The molecule has 2 unspecified atom stereocenters. The van der Waals surface area contributed by atoms with Gasteiger partial charge in [-0.2, -0.15) is 0 Å². The summed E-state index contributed by atoms with van der Waals surface area (Å²) in [6, 6.07) is 15.2. The summed E-state index contributed by atoms with van der Waals surface area (Å²) >= 11 is 6.09. The Hall–Kier alpha value is -1.51. The maximum atomic E-state index is 10.4. The zero-order valence-electron chi connectivity index (χ0n) is 9.71. The van der Waals surface area contributed by atoms with E-state index in [-0.39, 0.29) is 6.10 Å². The molecule has 0 aromatic heterocycles. The van der Waals surface area contributed by atoms with Crippen LogP contribution in [0.1, 0.15) is 17.2 Å². The second-order valence-corrected chi connectivity index (χ2v) is 4.84. The fraction of sp³-hybridized carbons (Fsp3) is 0.200. The number of halogens is 1. The van der Waals surface area contributed by atoms with Gasteiger partial charge in [-0.15, -0.1) is 0 Å². The van der Waals surface area contributed by atoms with Crippen LogP contribution in [0, 0.1) is 0 Å². The Balaban J connectivity index is 1.85. The van der Waals surface area contributed by atoms with E-state index < -0.39 is 6.10 Å². The fourth-order valence-electron chi connectivity index (χ4n) is 2.30. The number of hydrogen-bond donors (Lipinski definition) is 1. The molecule has 3 heteroatoms. The maximum Gasteiger partial charge on any atom is 0.133 e. The molecule has 0 amide bonds. The molecule has 2 atom stereocenters. The molecular weight excluding hydrogens is 248 g/mol. The molecule has 1 heterocycles. The van der Waals surface area contributed by atoms with E-state index in [1.807, 2.05) is 42.5 Å². The van der Waals surface area contributed by atoms with Gasteiger partial charge in [0.25, 0.3) is 0 Å². The standard InChI is InChI=1S/C15H13ClO2/c16-12-7-3-2-6-11(12)15(17)14-9-10-5-1-4-8-13(10)18-14/h1-8,14-15,17H,9H2. The van der Waals surface area contributed by atoms with Crippen LogP contribution in [0.25, 0.3) is 0 Å². The highest BCUT2D eigenvalue weighted by Crippen LogP contribution is 2.35. The second-order valence-electron chi connectivity index (χ2n) is 4.43. The third-order valence-corrected chi connectivity index (χ3v) is 3.59. The van der Waals surface area contributed by atoms with Gasteiger partial charge >= 0.3 is 0 Å². The minimum atomic E-state index is -0.703. The maximum absolute atomic E-state index is 10.4. The van der Waals surface area contributed by atoms with Crippen molar-refractivity contribution in [3.8, 4) is 5.75 Å². The van der Waals surface area contributed by atoms with Crippen molar-refractivity contribution in [2.45, 2.75) is 18.6 Å². The van der Waals surface area contributed by atoms with Crippen LogP contribution in [0.4, 0.5) is 0 Å². The minimum absolute atomic E-state index is 0.262. The SMILES string of the molecule is OC(c1ccccc1Cl)C1Cc2ccccc2O1. The van der Waals surface area contributed by atoms with Crippen LogP contribution in [0.5, 0.6) is 5.75 Å². The largest absolute Gasteiger partial charge is 0.487 e. The van der Waals surface area contributed by atoms with Gasteiger partial charge in [0.2, 0.25) is 0 Å². The van der Waals surface area contributed by atoms with Crippen molar-refractivity contribution in [3.05, 3.63) is 64.7 Å². The lowest BCUT2D eigenvalue weighted by Gasteiger charge is -2.19. The highest BCUT2D eigenvalue weighted by molar-refractivity contribution is 6.31. The predicted molar refractivity (Wildman–Crippen MR) is 71.0 cm³/mol. The van der Waals surface area contributed by atoms with Crippen molar-refractivity contribution < 1.29 is 9.84 Å². The molecule has 0 saturated carbocycles. The molecule has 92 valence electrons. The highest BCUT2D eigenvalue weighted by Gasteiger charge is 2.30. The van der Waals surface area contributed by atoms with E-state index in [1.165, 1.54) is 0 Å². The summed E-state index contributed by atoms with van der Waals surface area (Å²) in [4.78, 5) is 0. The second kappa shape index (κ2) is 4.63. The number of rotatable bonds is 2. The fourth-order valence-corrected chi connectivity index (χ4v) is 2.55. The Morgan fingerprint density at radius 2 is 1.83 bits per heavy atom. The first-order chi connectivity index (χ1) is 8.75. The summed E-state index contributed by atoms with van der Waals surface area (Å²) in [5, 5.41) is 10.9. The summed E-state index contributed by atoms with van der Waals surface area (Å²) in [5.74, 6) is 0.855. The number of ether oxygens (including phenoxy) is 1. The van der Waals surface area contributed by atoms with Gasteiger partial charge in [-0.05, 0) is 17.7 Å². The zero-order chi connectivity index (χ0) is 12.5. The number of hydrogen-bond acceptors (Lipinski definition) is 2. The first-order valence-electron chi connectivity index (χ1n) is 5.93. The first kappa shape index (κ1) is 11.6. The lowest BCUT2D eigenvalue weighted by molar-refractivity contribution is 0.0493. The molecule has 0 bridgehead atoms. The molecule has 0 saturated heterocycles. The lowest BCUT2D eigenvalue weighted by Crippen LogP contribution is -2.23. The minimum Gasteiger partial charge on any atom is -0.487 e. The predicted octanol–water partition coefficient (Wildman–Crippen LogP) is 3.38. The Morgan fingerprint density at radius 1 is 1.11 bits per heavy atom. The van der Waals surface area contributed by atoms with E-state index in [1.54, 1.807) is 6.07 Å². The van der Waals surface area contributed by atoms with Gasteiger partial charge in [0.1, 0.15) is 18.0 Å². The van der Waals surface area contributed by atoms with Crippen LogP contribution in [0.15, 0.2) is 48.5 Å². The topological polar surface area (TPSA) is 29.5 Å². The molecule has 2 aromatic carbocycles. The quantitative estimate of drug-likeness (QED) is 0.897. The molecule has 0 spiro atoms. The van der Waals surface area contributed by atoms with Gasteiger partial charge in [-0.3, -0.25) is 0 Å². The molecule has 0 fully saturated rings. The Bertz CT molecular complexity index is 543. The number of para-hydroxylation sites is 1. The highest BCUT2D eigenvalue weighted by atomic mass is 35.5. The summed E-state index contributed by atoms with van der Waals surface area (Å²) < 4.78 is 5.77. The molecule has 18 heavy (non-hydrogen) atoms. The summed E-state index contributed by atoms with van der Waals surface area (Å²) in [5.41, 5.74) is 1.85. The number of aliphatic hydroxyl groups excluding tert-OH is 1. The molecule has 1 aliphatic rings. The Morgan fingerprint density at radius 3 is 2.61 bits per heavy atom. The van der Waals surface area contributed by atoms with Crippen molar-refractivity contribution in [2.75, 3.05) is 0 Å². The van der Waals surface area contributed by atoms with Gasteiger partial charge in [0.05, 0.1) is 0 Å². The first-order valence-corrected chi connectivity index (χ1v) is 6.30. The van der Waals surface area contributed by atoms with Crippen LogP contribution in [0.2, 0.25) is 5.02 Å². The average Bonchev–Trinajstić information content (AvgIpc) is 2.82. The van der Waals surface area contributed by atoms with Gasteiger partial charge < -0.3 is 9.84 Å². The van der Waals surface area contributed by atoms with Crippen LogP contribution >= 0.6 is 11.6 Å². The molecule has 2 aromatic rings. The van der Waals surface area contributed by atoms with Crippen molar-refractivity contribution in [3.63, 3.8) is 0 Å². The third kappa shape index (κ3) is 1.98. The van der Waals surface area contributed by atoms with Crippen molar-refractivity contribution in [1.29, 1.82) is 0 Å². The molecule has 1 aliphatic heterocycles. The van der Waals surface area contributed by atoms with E-state index in [0.717, 1.165) is 16.9 Å². The molecular formula is C15H13ClO2. The van der Waals surface area contributed by atoms with Crippen molar-refractivity contribution >= 4 is 11.6 Å². The normalized spacial score (nSPS) is 19.1. The number of benzene rings is 2. The molecule has 1 N–H and O–H groups in total. The van der Waals surface area contributed by atoms with Crippen LogP contribution in [-0.4, -0.2) is 11.2 Å². The van der Waals surface area contributed by atoms with Gasteiger partial charge in [0, 0.05) is 17.0 Å². The molecule has 3 rings (SSSR count). The van der Waals surface area contributed by atoms with E-state index in [0.29, 0.717) is 11.4 Å². The van der Waals surface area contributed by atoms with Crippen molar-refractivity contribution in [2.24, 2.45) is 0 Å². The summed E-state index contributed by atoms with van der Waals surface area (Å²) in [6.45, 7) is 0.